The maximum absolute atomic E-state index is 10.8. The molecule has 0 amide bonds. The molecule has 2 rings (SSSR count). The minimum Gasteiger partial charge on any atom is -0.478 e. The fourth-order valence-corrected chi connectivity index (χ4v) is 1.59. The third-order valence-electron chi connectivity index (χ3n) is 2.62. The van der Waals surface area contributed by atoms with Gasteiger partial charge in [-0.3, -0.25) is 4.98 Å². The van der Waals surface area contributed by atoms with E-state index in [1.807, 2.05) is 0 Å². The summed E-state index contributed by atoms with van der Waals surface area (Å²) in [6.45, 7) is 4.21. The molecular formula is C13H13NO2. The second-order valence-corrected chi connectivity index (χ2v) is 4.14. The van der Waals surface area contributed by atoms with Gasteiger partial charge in [-0.15, -0.1) is 0 Å². The molecule has 0 saturated carbocycles. The third kappa shape index (κ3) is 1.89. The number of pyridine rings is 1. The Morgan fingerprint density at radius 1 is 1.31 bits per heavy atom. The number of nitrogens with zero attached hydrogens (tertiary/aromatic N) is 1. The molecule has 0 unspecified atom stereocenters. The van der Waals surface area contributed by atoms with Gasteiger partial charge in [0.05, 0.1) is 11.1 Å². The lowest BCUT2D eigenvalue weighted by molar-refractivity contribution is 0.0697. The van der Waals surface area contributed by atoms with Gasteiger partial charge in [0.25, 0.3) is 0 Å². The van der Waals surface area contributed by atoms with Gasteiger partial charge in [-0.05, 0) is 29.7 Å². The molecular weight excluding hydrogens is 202 g/mol. The fourth-order valence-electron chi connectivity index (χ4n) is 1.59. The van der Waals surface area contributed by atoms with E-state index < -0.39 is 5.97 Å². The van der Waals surface area contributed by atoms with Crippen LogP contribution in [0.4, 0.5) is 0 Å². The summed E-state index contributed by atoms with van der Waals surface area (Å²) in [6.07, 6.45) is 1.80. The Balaban J connectivity index is 2.57. The van der Waals surface area contributed by atoms with Gasteiger partial charge >= 0.3 is 5.97 Å². The molecule has 2 aromatic rings. The highest BCUT2D eigenvalue weighted by Crippen LogP contribution is 2.20. The Kier molecular flexibility index (Phi) is 2.60. The van der Waals surface area contributed by atoms with Gasteiger partial charge in [-0.2, -0.15) is 0 Å². The predicted molar refractivity (Wildman–Crippen MR) is 62.8 cm³/mol. The molecule has 0 spiro atoms. The minimum absolute atomic E-state index is 0.275. The van der Waals surface area contributed by atoms with Gasteiger partial charge in [0.1, 0.15) is 0 Å². The largest absolute Gasteiger partial charge is 0.478 e. The van der Waals surface area contributed by atoms with Gasteiger partial charge in [0.2, 0.25) is 0 Å². The lowest BCUT2D eigenvalue weighted by atomic mass is 10.0. The second-order valence-electron chi connectivity index (χ2n) is 4.14. The van der Waals surface area contributed by atoms with Crippen LogP contribution in [0.25, 0.3) is 10.9 Å². The first kappa shape index (κ1) is 10.6. The molecule has 0 aliphatic heterocycles. The first-order valence-corrected chi connectivity index (χ1v) is 5.21. The van der Waals surface area contributed by atoms with Crippen molar-refractivity contribution in [3.05, 3.63) is 41.6 Å². The number of rotatable bonds is 2. The van der Waals surface area contributed by atoms with Crippen LogP contribution in [0.3, 0.4) is 0 Å². The molecule has 1 aromatic carbocycles. The number of aromatic carboxylic acids is 1. The van der Waals surface area contributed by atoms with Crippen molar-refractivity contribution in [2.75, 3.05) is 0 Å². The summed E-state index contributed by atoms with van der Waals surface area (Å²) in [7, 11) is 0. The van der Waals surface area contributed by atoms with Crippen molar-refractivity contribution in [3.8, 4) is 0 Å². The van der Waals surface area contributed by atoms with Gasteiger partial charge in [0.15, 0.2) is 0 Å². The van der Waals surface area contributed by atoms with Crippen LogP contribution in [0.15, 0.2) is 30.5 Å². The van der Waals surface area contributed by atoms with Crippen LogP contribution in [-0.2, 0) is 0 Å². The van der Waals surface area contributed by atoms with E-state index in [9.17, 15) is 4.79 Å². The van der Waals surface area contributed by atoms with Crippen molar-refractivity contribution in [2.45, 2.75) is 19.8 Å². The molecule has 0 saturated heterocycles. The zero-order valence-electron chi connectivity index (χ0n) is 9.27. The summed E-state index contributed by atoms with van der Waals surface area (Å²) in [5.74, 6) is -0.493. The highest BCUT2D eigenvalue weighted by molar-refractivity contribution is 5.93. The van der Waals surface area contributed by atoms with Crippen LogP contribution < -0.4 is 0 Å². The highest BCUT2D eigenvalue weighted by Gasteiger charge is 2.06. The zero-order valence-corrected chi connectivity index (χ0v) is 9.27. The lowest BCUT2D eigenvalue weighted by Gasteiger charge is -2.06. The molecule has 0 bridgehead atoms. The third-order valence-corrected chi connectivity index (χ3v) is 2.62. The van der Waals surface area contributed by atoms with Crippen molar-refractivity contribution in [1.82, 2.24) is 4.98 Å². The Labute approximate surface area is 93.7 Å². The van der Waals surface area contributed by atoms with E-state index >= 15 is 0 Å². The van der Waals surface area contributed by atoms with Gasteiger partial charge < -0.3 is 5.11 Å². The SMILES string of the molecule is CC(C)c1cnc2cc(C(=O)O)ccc2c1. The number of fused-ring (bicyclic) bond motifs is 1. The van der Waals surface area contributed by atoms with Crippen LogP contribution >= 0.6 is 0 Å². The van der Waals surface area contributed by atoms with E-state index in [0.717, 1.165) is 16.5 Å². The Morgan fingerprint density at radius 2 is 2.06 bits per heavy atom. The van der Waals surface area contributed by atoms with E-state index in [0.29, 0.717) is 5.92 Å². The number of hydrogen-bond acceptors (Lipinski definition) is 2. The van der Waals surface area contributed by atoms with Crippen LogP contribution in [0.1, 0.15) is 35.7 Å². The average molecular weight is 215 g/mol. The number of hydrogen-bond donors (Lipinski definition) is 1. The van der Waals surface area contributed by atoms with Crippen molar-refractivity contribution in [1.29, 1.82) is 0 Å². The van der Waals surface area contributed by atoms with E-state index in [-0.39, 0.29) is 5.56 Å². The molecule has 0 aliphatic carbocycles. The lowest BCUT2D eigenvalue weighted by Crippen LogP contribution is -1.96. The van der Waals surface area contributed by atoms with Crippen LogP contribution in [-0.4, -0.2) is 16.1 Å². The van der Waals surface area contributed by atoms with Gasteiger partial charge in [-0.25, -0.2) is 4.79 Å². The van der Waals surface area contributed by atoms with Crippen LogP contribution in [0.2, 0.25) is 0 Å². The quantitative estimate of drug-likeness (QED) is 0.837. The summed E-state index contributed by atoms with van der Waals surface area (Å²) in [5.41, 5.74) is 2.16. The fraction of sp³-hybridized carbons (Fsp3) is 0.231. The van der Waals surface area contributed by atoms with Crippen molar-refractivity contribution < 1.29 is 9.90 Å². The van der Waals surface area contributed by atoms with E-state index in [1.165, 1.54) is 0 Å². The van der Waals surface area contributed by atoms with Crippen molar-refractivity contribution in [2.24, 2.45) is 0 Å². The minimum atomic E-state index is -0.920. The Hall–Kier alpha value is -1.90. The molecule has 16 heavy (non-hydrogen) atoms. The maximum atomic E-state index is 10.8. The summed E-state index contributed by atoms with van der Waals surface area (Å²) in [5, 5.41) is 9.84. The molecule has 0 aliphatic rings. The monoisotopic (exact) mass is 215 g/mol. The molecule has 1 heterocycles. The molecule has 3 heteroatoms. The Bertz CT molecular complexity index is 547. The first-order chi connectivity index (χ1) is 7.58. The van der Waals surface area contributed by atoms with E-state index in [1.54, 1.807) is 24.4 Å². The topological polar surface area (TPSA) is 50.2 Å². The first-order valence-electron chi connectivity index (χ1n) is 5.21. The maximum Gasteiger partial charge on any atom is 0.335 e. The average Bonchev–Trinajstić information content (AvgIpc) is 2.27. The van der Waals surface area contributed by atoms with E-state index in [4.69, 9.17) is 5.11 Å². The molecule has 0 atom stereocenters. The second kappa shape index (κ2) is 3.93. The highest BCUT2D eigenvalue weighted by atomic mass is 16.4. The molecule has 3 nitrogen and oxygen atoms in total. The standard InChI is InChI=1S/C13H13NO2/c1-8(2)11-5-9-3-4-10(13(15)16)6-12(9)14-7-11/h3-8H,1-2H3,(H,15,16). The summed E-state index contributed by atoms with van der Waals surface area (Å²) >= 11 is 0. The number of aromatic nitrogens is 1. The predicted octanol–water partition coefficient (Wildman–Crippen LogP) is 3.06. The number of carboxylic acids is 1. The number of carboxylic acid groups (broad SMARTS) is 1. The summed E-state index contributed by atoms with van der Waals surface area (Å²) in [4.78, 5) is 15.1. The van der Waals surface area contributed by atoms with Crippen LogP contribution in [0, 0.1) is 0 Å². The summed E-state index contributed by atoms with van der Waals surface area (Å²) in [6, 6.07) is 7.06. The van der Waals surface area contributed by atoms with Gasteiger partial charge in [-0.1, -0.05) is 19.9 Å². The van der Waals surface area contributed by atoms with Crippen molar-refractivity contribution in [3.63, 3.8) is 0 Å². The zero-order chi connectivity index (χ0) is 11.7. The Morgan fingerprint density at radius 3 is 2.69 bits per heavy atom. The molecule has 82 valence electrons. The molecule has 0 fully saturated rings. The smallest absolute Gasteiger partial charge is 0.335 e. The van der Waals surface area contributed by atoms with Crippen molar-refractivity contribution >= 4 is 16.9 Å². The molecule has 0 radical (unpaired) electrons. The number of benzene rings is 1. The van der Waals surface area contributed by atoms with Crippen LogP contribution in [0.5, 0.6) is 0 Å². The molecule has 1 N–H and O–H groups in total. The van der Waals surface area contributed by atoms with E-state index in [2.05, 4.69) is 24.9 Å². The summed E-state index contributed by atoms with van der Waals surface area (Å²) < 4.78 is 0. The number of carbonyl (C=O) groups is 1. The van der Waals surface area contributed by atoms with Gasteiger partial charge in [0, 0.05) is 11.6 Å². The normalized spacial score (nSPS) is 10.9. The molecule has 1 aromatic heterocycles.